The van der Waals surface area contributed by atoms with Gasteiger partial charge in [-0.2, -0.15) is 10.2 Å². The highest BCUT2D eigenvalue weighted by molar-refractivity contribution is 6.04. The van der Waals surface area contributed by atoms with Crippen molar-refractivity contribution in [2.24, 2.45) is 11.3 Å². The van der Waals surface area contributed by atoms with Crippen LogP contribution in [0.3, 0.4) is 0 Å². The summed E-state index contributed by atoms with van der Waals surface area (Å²) in [6, 6.07) is 7.76. The number of fused-ring (bicyclic) bond motifs is 1. The number of aliphatic hydroxyl groups excluding tert-OH is 1. The number of amides is 1. The fourth-order valence-electron chi connectivity index (χ4n) is 4.98. The predicted octanol–water partition coefficient (Wildman–Crippen LogP) is 3.81. The second kappa shape index (κ2) is 10.8. The Labute approximate surface area is 231 Å². The molecule has 4 N–H and O–H groups in total. The number of benzene rings is 1. The Hall–Kier alpha value is -4.09. The minimum Gasteiger partial charge on any atom is -0.395 e. The molecule has 0 spiro atoms. The first-order valence-corrected chi connectivity index (χ1v) is 13.3. The van der Waals surface area contributed by atoms with E-state index in [1.54, 1.807) is 12.1 Å². The maximum Gasteiger partial charge on any atom is 0.287 e. The van der Waals surface area contributed by atoms with Crippen molar-refractivity contribution in [1.29, 1.82) is 0 Å². The first kappa shape index (κ1) is 27.5. The third kappa shape index (κ3) is 5.61. The highest BCUT2D eigenvalue weighted by atomic mass is 19.1. The Morgan fingerprint density at radius 2 is 2.00 bits per heavy atom. The molecule has 1 unspecified atom stereocenters. The van der Waals surface area contributed by atoms with E-state index < -0.39 is 17.3 Å². The summed E-state index contributed by atoms with van der Waals surface area (Å²) in [5.74, 6) is -0.531. The Bertz CT molecular complexity index is 1570. The predicted molar refractivity (Wildman–Crippen MR) is 152 cm³/mol. The fraction of sp³-hybridized carbons (Fsp3) is 0.379. The van der Waals surface area contributed by atoms with Crippen molar-refractivity contribution in [1.82, 2.24) is 24.9 Å². The standard InChI is InChI=1S/C29H34FN7O3/c1-17-11-19(29(2,3)16-38)6-7-21(17)27(39)32-24-12-18(5-8-22(24)30)23-14-25(28(40)34-33-23)31-26-13-20-15-36(4)9-10-37(20)35-26/h5-8,12-14,17,38H,9-11,15-16H2,1-4H3,(H,32,39)(H,34,40)(H,31,33,35). The normalized spacial score (nSPS) is 17.6. The summed E-state index contributed by atoms with van der Waals surface area (Å²) in [6.45, 7) is 8.29. The minimum absolute atomic E-state index is 0.00877. The molecular formula is C29H34FN7O3. The van der Waals surface area contributed by atoms with Crippen LogP contribution in [0.15, 0.2) is 58.4 Å². The van der Waals surface area contributed by atoms with Gasteiger partial charge in [-0.05, 0) is 43.7 Å². The number of aromatic nitrogens is 4. The van der Waals surface area contributed by atoms with Crippen LogP contribution < -0.4 is 16.2 Å². The van der Waals surface area contributed by atoms with Gasteiger partial charge >= 0.3 is 0 Å². The average molecular weight is 548 g/mol. The van der Waals surface area contributed by atoms with Crippen molar-refractivity contribution in [2.45, 2.75) is 40.3 Å². The van der Waals surface area contributed by atoms with Crippen LogP contribution in [0.25, 0.3) is 11.3 Å². The zero-order valence-electron chi connectivity index (χ0n) is 23.1. The summed E-state index contributed by atoms with van der Waals surface area (Å²) in [7, 11) is 2.04. The maximum absolute atomic E-state index is 14.8. The molecule has 0 radical (unpaired) electrons. The van der Waals surface area contributed by atoms with Gasteiger partial charge in [0, 0.05) is 35.7 Å². The Morgan fingerprint density at radius 1 is 1.20 bits per heavy atom. The van der Waals surface area contributed by atoms with Gasteiger partial charge in [-0.15, -0.1) is 0 Å². The molecular weight excluding hydrogens is 513 g/mol. The lowest BCUT2D eigenvalue weighted by atomic mass is 9.76. The van der Waals surface area contributed by atoms with Crippen molar-refractivity contribution in [3.05, 3.63) is 75.5 Å². The topological polar surface area (TPSA) is 128 Å². The number of halogens is 1. The van der Waals surface area contributed by atoms with Crippen molar-refractivity contribution in [3.8, 4) is 11.3 Å². The summed E-state index contributed by atoms with van der Waals surface area (Å²) < 4.78 is 16.7. The molecule has 40 heavy (non-hydrogen) atoms. The number of likely N-dealkylation sites (N-methyl/N-ethyl adjacent to an activating group) is 1. The lowest BCUT2D eigenvalue weighted by Crippen LogP contribution is -2.30. The molecule has 1 aliphatic heterocycles. The Balaban J connectivity index is 1.36. The Kier molecular flexibility index (Phi) is 7.43. The summed E-state index contributed by atoms with van der Waals surface area (Å²) in [6.07, 6.45) is 4.24. The zero-order valence-corrected chi connectivity index (χ0v) is 23.1. The van der Waals surface area contributed by atoms with Crippen molar-refractivity contribution in [3.63, 3.8) is 0 Å². The summed E-state index contributed by atoms with van der Waals surface area (Å²) in [5.41, 5.74) is 3.01. The average Bonchev–Trinajstić information content (AvgIpc) is 3.32. The van der Waals surface area contributed by atoms with Crippen molar-refractivity contribution < 1.29 is 14.3 Å². The number of rotatable bonds is 7. The monoisotopic (exact) mass is 547 g/mol. The van der Waals surface area contributed by atoms with Crippen LogP contribution in [0.5, 0.6) is 0 Å². The Morgan fingerprint density at radius 3 is 2.75 bits per heavy atom. The number of aliphatic hydroxyl groups is 1. The van der Waals surface area contributed by atoms with Gasteiger partial charge < -0.3 is 15.7 Å². The number of hydrogen-bond acceptors (Lipinski definition) is 7. The molecule has 1 aromatic carbocycles. The van der Waals surface area contributed by atoms with E-state index >= 15 is 0 Å². The molecule has 11 heteroatoms. The smallest absolute Gasteiger partial charge is 0.287 e. The highest BCUT2D eigenvalue weighted by Crippen LogP contribution is 2.36. The molecule has 3 aromatic rings. The third-order valence-electron chi connectivity index (χ3n) is 7.61. The van der Waals surface area contributed by atoms with Crippen molar-refractivity contribution >= 4 is 23.1 Å². The van der Waals surface area contributed by atoms with E-state index in [1.165, 1.54) is 18.2 Å². The number of nitrogens with zero attached hydrogens (tertiary/aromatic N) is 4. The van der Waals surface area contributed by atoms with Gasteiger partial charge in [-0.1, -0.05) is 38.5 Å². The zero-order chi connectivity index (χ0) is 28.6. The van der Waals surface area contributed by atoms with Crippen LogP contribution in [0, 0.1) is 17.2 Å². The lowest BCUT2D eigenvalue weighted by Gasteiger charge is -2.31. The molecule has 1 amide bonds. The van der Waals surface area contributed by atoms with Crippen LogP contribution in [0.2, 0.25) is 0 Å². The molecule has 0 bridgehead atoms. The largest absolute Gasteiger partial charge is 0.395 e. The summed E-state index contributed by atoms with van der Waals surface area (Å²) in [5, 5.41) is 26.6. The maximum atomic E-state index is 14.8. The van der Waals surface area contributed by atoms with E-state index in [2.05, 4.69) is 30.8 Å². The van der Waals surface area contributed by atoms with E-state index in [1.807, 2.05) is 44.6 Å². The second-order valence-electron chi connectivity index (χ2n) is 11.2. The summed E-state index contributed by atoms with van der Waals surface area (Å²) in [4.78, 5) is 27.8. The lowest BCUT2D eigenvalue weighted by molar-refractivity contribution is -0.113. The van der Waals surface area contributed by atoms with E-state index in [4.69, 9.17) is 0 Å². The van der Waals surface area contributed by atoms with Crippen LogP contribution in [0.1, 0.15) is 32.9 Å². The van der Waals surface area contributed by atoms with Crippen LogP contribution in [-0.2, 0) is 17.9 Å². The van der Waals surface area contributed by atoms with Gasteiger partial charge in [0.25, 0.3) is 11.5 Å². The number of H-pyrrole nitrogens is 1. The number of allylic oxidation sites excluding steroid dienone is 2. The van der Waals surface area contributed by atoms with Gasteiger partial charge in [-0.3, -0.25) is 19.2 Å². The number of nitrogens with one attached hydrogen (secondary N) is 3. The van der Waals surface area contributed by atoms with Crippen LogP contribution in [-0.4, -0.2) is 56.1 Å². The van der Waals surface area contributed by atoms with Gasteiger partial charge in [0.05, 0.1) is 30.2 Å². The quantitative estimate of drug-likeness (QED) is 0.354. The van der Waals surface area contributed by atoms with Crippen LogP contribution >= 0.6 is 0 Å². The SMILES string of the molecule is CC1CC(C(C)(C)CO)=CC=C1C(=O)Nc1cc(-c2cc(Nc3cc4n(n3)CCN(C)C4)c(=O)[nH]n2)ccc1F. The third-order valence-corrected chi connectivity index (χ3v) is 7.61. The molecule has 0 fully saturated rings. The molecule has 2 aliphatic rings. The number of carbonyl (C=O) groups is 1. The molecule has 5 rings (SSSR count). The van der Waals surface area contributed by atoms with E-state index in [0.717, 1.165) is 30.9 Å². The van der Waals surface area contributed by atoms with Crippen molar-refractivity contribution in [2.75, 3.05) is 30.8 Å². The number of aromatic amines is 1. The molecule has 210 valence electrons. The first-order chi connectivity index (χ1) is 19.0. The molecule has 2 aromatic heterocycles. The first-order valence-electron chi connectivity index (χ1n) is 13.3. The molecule has 0 saturated heterocycles. The molecule has 0 saturated carbocycles. The molecule has 1 aliphatic carbocycles. The minimum atomic E-state index is -0.588. The number of anilines is 3. The van der Waals surface area contributed by atoms with E-state index in [9.17, 15) is 19.1 Å². The summed E-state index contributed by atoms with van der Waals surface area (Å²) >= 11 is 0. The second-order valence-corrected chi connectivity index (χ2v) is 11.2. The molecule has 3 heterocycles. The number of carbonyl (C=O) groups excluding carboxylic acids is 1. The molecule has 10 nitrogen and oxygen atoms in total. The molecule has 1 atom stereocenters. The van der Waals surface area contributed by atoms with Gasteiger partial charge in [-0.25, -0.2) is 9.49 Å². The number of hydrogen-bond donors (Lipinski definition) is 4. The van der Waals surface area contributed by atoms with E-state index in [-0.39, 0.29) is 29.3 Å². The van der Waals surface area contributed by atoms with Gasteiger partial charge in [0.15, 0.2) is 5.82 Å². The van der Waals surface area contributed by atoms with E-state index in [0.29, 0.717) is 29.1 Å². The highest BCUT2D eigenvalue weighted by Gasteiger charge is 2.29. The van der Waals surface area contributed by atoms with Crippen LogP contribution in [0.4, 0.5) is 21.6 Å². The van der Waals surface area contributed by atoms with Gasteiger partial charge in [0.2, 0.25) is 0 Å². The fourth-order valence-corrected chi connectivity index (χ4v) is 4.98. The van der Waals surface area contributed by atoms with Gasteiger partial charge in [0.1, 0.15) is 11.5 Å².